The van der Waals surface area contributed by atoms with E-state index in [-0.39, 0.29) is 11.5 Å². The number of ether oxygens (including phenoxy) is 1. The van der Waals surface area contributed by atoms with Gasteiger partial charge in [0.2, 0.25) is 0 Å². The summed E-state index contributed by atoms with van der Waals surface area (Å²) in [5.41, 5.74) is 0.649. The number of alkyl halides is 3. The number of nitrogens with one attached hydrogen (secondary N) is 2. The third-order valence-electron chi connectivity index (χ3n) is 6.35. The summed E-state index contributed by atoms with van der Waals surface area (Å²) >= 11 is 0. The number of esters is 1. The normalized spacial score (nSPS) is 16.7. The van der Waals surface area contributed by atoms with Crippen LogP contribution in [0.25, 0.3) is 17.1 Å². The number of benzene rings is 3. The van der Waals surface area contributed by atoms with Gasteiger partial charge < -0.3 is 10.1 Å². The summed E-state index contributed by atoms with van der Waals surface area (Å²) in [6.07, 6.45) is -4.62. The van der Waals surface area contributed by atoms with Gasteiger partial charge in [0, 0.05) is 5.56 Å². The minimum absolute atomic E-state index is 0.0204. The average molecular weight is 579 g/mol. The molecule has 1 aromatic heterocycles. The van der Waals surface area contributed by atoms with E-state index in [1.807, 2.05) is 0 Å². The molecule has 42 heavy (non-hydrogen) atoms. The van der Waals surface area contributed by atoms with Crippen molar-refractivity contribution in [1.29, 1.82) is 0 Å². The van der Waals surface area contributed by atoms with E-state index in [0.29, 0.717) is 16.1 Å². The van der Waals surface area contributed by atoms with E-state index < -0.39 is 53.5 Å². The fourth-order valence-corrected chi connectivity index (χ4v) is 4.23. The van der Waals surface area contributed by atoms with Gasteiger partial charge in [0.1, 0.15) is 5.54 Å². The third-order valence-corrected chi connectivity index (χ3v) is 6.35. The largest absolute Gasteiger partial charge is 0.450 e. The summed E-state index contributed by atoms with van der Waals surface area (Å²) in [5, 5.41) is 7.04. The van der Waals surface area contributed by atoms with Crippen molar-refractivity contribution in [1.82, 2.24) is 30.5 Å². The molecule has 1 aliphatic heterocycles. The van der Waals surface area contributed by atoms with Gasteiger partial charge in [0.25, 0.3) is 17.6 Å². The standard InChI is InChI=1S/C28H21F3N6O5/c1-27(18-11-6-3-7-12-18)25(40)37(26(41)33-27)34-21(38)16-42-24(39)22-32-23(17-9-4-2-5-10-17)36(35-22)20-14-8-13-19(15-20)28(29,30)31/h2-15H,16H2,1H3,(H,33,41)(H,34,38)/t27-/m0/s1. The maximum atomic E-state index is 13.3. The van der Waals surface area contributed by atoms with E-state index in [2.05, 4.69) is 20.8 Å². The number of carbonyl (C=O) groups excluding carboxylic acids is 4. The smallest absolute Gasteiger partial charge is 0.416 e. The van der Waals surface area contributed by atoms with Crippen molar-refractivity contribution in [3.05, 3.63) is 102 Å². The first-order valence-electron chi connectivity index (χ1n) is 12.4. The highest BCUT2D eigenvalue weighted by atomic mass is 19.4. The monoisotopic (exact) mass is 578 g/mol. The minimum atomic E-state index is -4.62. The van der Waals surface area contributed by atoms with E-state index in [1.165, 1.54) is 19.1 Å². The topological polar surface area (TPSA) is 136 Å². The third kappa shape index (κ3) is 5.41. The van der Waals surface area contributed by atoms with Crippen LogP contribution < -0.4 is 10.7 Å². The molecule has 1 fully saturated rings. The number of nitrogens with zero attached hydrogens (tertiary/aromatic N) is 4. The highest BCUT2D eigenvalue weighted by molar-refractivity contribution is 6.08. The van der Waals surface area contributed by atoms with Crippen LogP contribution in [-0.2, 0) is 26.0 Å². The Hall–Kier alpha value is -5.53. The van der Waals surface area contributed by atoms with Gasteiger partial charge in [-0.15, -0.1) is 5.10 Å². The molecule has 1 saturated heterocycles. The molecular formula is C28H21F3N6O5. The average Bonchev–Trinajstić information content (AvgIpc) is 3.53. The molecule has 14 heteroatoms. The second-order valence-electron chi connectivity index (χ2n) is 9.26. The van der Waals surface area contributed by atoms with Crippen LogP contribution in [0.5, 0.6) is 0 Å². The number of hydrogen-bond donors (Lipinski definition) is 2. The molecule has 0 saturated carbocycles. The maximum absolute atomic E-state index is 13.3. The van der Waals surface area contributed by atoms with E-state index in [9.17, 15) is 32.3 Å². The maximum Gasteiger partial charge on any atom is 0.416 e. The Balaban J connectivity index is 1.32. The Morgan fingerprint density at radius 3 is 2.31 bits per heavy atom. The van der Waals surface area contributed by atoms with Crippen LogP contribution >= 0.6 is 0 Å². The predicted molar refractivity (Wildman–Crippen MR) is 139 cm³/mol. The van der Waals surface area contributed by atoms with Crippen LogP contribution in [0.3, 0.4) is 0 Å². The second-order valence-corrected chi connectivity index (χ2v) is 9.26. The van der Waals surface area contributed by atoms with Crippen molar-refractivity contribution in [2.24, 2.45) is 0 Å². The number of amides is 4. The number of hydrazine groups is 1. The highest BCUT2D eigenvalue weighted by Crippen LogP contribution is 2.31. The quantitative estimate of drug-likeness (QED) is 0.253. The number of imide groups is 1. The van der Waals surface area contributed by atoms with Gasteiger partial charge in [-0.2, -0.15) is 18.2 Å². The first kappa shape index (κ1) is 28.0. The van der Waals surface area contributed by atoms with Gasteiger partial charge in [-0.25, -0.2) is 19.3 Å². The van der Waals surface area contributed by atoms with Gasteiger partial charge in [0.05, 0.1) is 11.3 Å². The molecule has 0 aliphatic carbocycles. The number of hydrogen-bond acceptors (Lipinski definition) is 7. The number of aromatic nitrogens is 3. The van der Waals surface area contributed by atoms with Gasteiger partial charge in [-0.3, -0.25) is 15.0 Å². The molecule has 5 rings (SSSR count). The molecular weight excluding hydrogens is 557 g/mol. The summed E-state index contributed by atoms with van der Waals surface area (Å²) in [6.45, 7) is 0.558. The van der Waals surface area contributed by atoms with Gasteiger partial charge in [0.15, 0.2) is 12.4 Å². The van der Waals surface area contributed by atoms with E-state index >= 15 is 0 Å². The van der Waals surface area contributed by atoms with Gasteiger partial charge >= 0.3 is 18.2 Å². The van der Waals surface area contributed by atoms with E-state index in [0.717, 1.165) is 16.8 Å². The summed E-state index contributed by atoms with van der Waals surface area (Å²) in [7, 11) is 0. The summed E-state index contributed by atoms with van der Waals surface area (Å²) < 4.78 is 46.0. The molecule has 0 unspecified atom stereocenters. The lowest BCUT2D eigenvalue weighted by atomic mass is 9.92. The lowest BCUT2D eigenvalue weighted by molar-refractivity contribution is -0.140. The SMILES string of the molecule is C[C@@]1(c2ccccc2)NC(=O)N(NC(=O)COC(=O)c2nc(-c3ccccc3)n(-c3cccc(C(F)(F)F)c3)n2)C1=O. The molecule has 0 bridgehead atoms. The van der Waals surface area contributed by atoms with Gasteiger partial charge in [-0.05, 0) is 30.7 Å². The van der Waals surface area contributed by atoms with Crippen molar-refractivity contribution >= 4 is 23.8 Å². The predicted octanol–water partition coefficient (Wildman–Crippen LogP) is 3.61. The first-order chi connectivity index (χ1) is 20.0. The summed E-state index contributed by atoms with van der Waals surface area (Å²) in [5.74, 6) is -3.42. The molecule has 1 atom stereocenters. The number of rotatable bonds is 7. The molecule has 2 heterocycles. The fourth-order valence-electron chi connectivity index (χ4n) is 4.23. The van der Waals surface area contributed by atoms with Crippen molar-refractivity contribution < 1.29 is 37.1 Å². The molecule has 2 N–H and O–H groups in total. The number of urea groups is 1. The zero-order valence-corrected chi connectivity index (χ0v) is 21.8. The first-order valence-corrected chi connectivity index (χ1v) is 12.4. The van der Waals surface area contributed by atoms with Crippen molar-refractivity contribution in [2.75, 3.05) is 6.61 Å². The minimum Gasteiger partial charge on any atom is -0.450 e. The highest BCUT2D eigenvalue weighted by Gasteiger charge is 2.50. The van der Waals surface area contributed by atoms with Crippen LogP contribution in [0.15, 0.2) is 84.9 Å². The van der Waals surface area contributed by atoms with Crippen LogP contribution in [0.4, 0.5) is 18.0 Å². The fraction of sp³-hybridized carbons (Fsp3) is 0.143. The molecule has 0 radical (unpaired) electrons. The molecule has 1 aliphatic rings. The molecule has 4 amide bonds. The van der Waals surface area contributed by atoms with Crippen molar-refractivity contribution in [3.8, 4) is 17.1 Å². The second kappa shape index (κ2) is 10.8. The molecule has 0 spiro atoms. The summed E-state index contributed by atoms with van der Waals surface area (Å²) in [6, 6.07) is 20.1. The van der Waals surface area contributed by atoms with Crippen LogP contribution in [-0.4, -0.2) is 50.2 Å². The van der Waals surface area contributed by atoms with Crippen molar-refractivity contribution in [3.63, 3.8) is 0 Å². The van der Waals surface area contributed by atoms with Crippen LogP contribution in [0.2, 0.25) is 0 Å². The number of halogens is 3. The molecule has 11 nitrogen and oxygen atoms in total. The molecule has 4 aromatic rings. The Morgan fingerprint density at radius 1 is 0.976 bits per heavy atom. The zero-order chi connectivity index (χ0) is 30.1. The lowest BCUT2D eigenvalue weighted by Crippen LogP contribution is -2.49. The van der Waals surface area contributed by atoms with E-state index in [1.54, 1.807) is 60.7 Å². The summed E-state index contributed by atoms with van der Waals surface area (Å²) in [4.78, 5) is 54.8. The number of carbonyl (C=O) groups is 4. The van der Waals surface area contributed by atoms with Crippen LogP contribution in [0, 0.1) is 0 Å². The Morgan fingerprint density at radius 2 is 1.64 bits per heavy atom. The Labute approximate surface area is 235 Å². The molecule has 3 aromatic carbocycles. The van der Waals surface area contributed by atoms with E-state index in [4.69, 9.17) is 4.74 Å². The Kier molecular flexibility index (Phi) is 7.20. The zero-order valence-electron chi connectivity index (χ0n) is 21.8. The van der Waals surface area contributed by atoms with Gasteiger partial charge in [-0.1, -0.05) is 66.7 Å². The lowest BCUT2D eigenvalue weighted by Gasteiger charge is -2.22. The van der Waals surface area contributed by atoms with Crippen molar-refractivity contribution in [2.45, 2.75) is 18.6 Å². The Bertz CT molecular complexity index is 1680. The molecule has 214 valence electrons. The van der Waals surface area contributed by atoms with Crippen LogP contribution in [0.1, 0.15) is 28.7 Å².